The molecule has 0 saturated heterocycles. The molecule has 3 aromatic rings. The molecule has 0 spiro atoms. The van der Waals surface area contributed by atoms with Crippen LogP contribution in [0.2, 0.25) is 0 Å². The second kappa shape index (κ2) is 5.94. The summed E-state index contributed by atoms with van der Waals surface area (Å²) in [5.41, 5.74) is 3.14. The second-order valence-electron chi connectivity index (χ2n) is 4.48. The van der Waals surface area contributed by atoms with E-state index >= 15 is 0 Å². The van der Waals surface area contributed by atoms with Gasteiger partial charge in [0.2, 0.25) is 0 Å². The highest BCUT2D eigenvalue weighted by molar-refractivity contribution is 7.13. The van der Waals surface area contributed by atoms with Crippen molar-refractivity contribution in [2.75, 3.05) is 0 Å². The summed E-state index contributed by atoms with van der Waals surface area (Å²) in [6.07, 6.45) is 5.66. The minimum Gasteiger partial charge on any atom is -0.307 e. The van der Waals surface area contributed by atoms with Crippen molar-refractivity contribution < 1.29 is 0 Å². The Hall–Kier alpha value is -2.05. The van der Waals surface area contributed by atoms with Crippen molar-refractivity contribution in [3.8, 4) is 10.7 Å². The SMILES string of the molecule is Cn1cc(CNCc2csc(-c3ccccn3)n2)cn1. The molecule has 0 atom stereocenters. The molecule has 3 aromatic heterocycles. The van der Waals surface area contributed by atoms with E-state index in [9.17, 15) is 0 Å². The quantitative estimate of drug-likeness (QED) is 0.781. The van der Waals surface area contributed by atoms with E-state index in [0.717, 1.165) is 29.5 Å². The zero-order valence-electron chi connectivity index (χ0n) is 11.2. The molecule has 0 unspecified atom stereocenters. The van der Waals surface area contributed by atoms with Crippen LogP contribution in [-0.2, 0) is 20.1 Å². The number of thiazole rings is 1. The second-order valence-corrected chi connectivity index (χ2v) is 5.34. The van der Waals surface area contributed by atoms with Crippen LogP contribution >= 0.6 is 11.3 Å². The van der Waals surface area contributed by atoms with E-state index < -0.39 is 0 Å². The lowest BCUT2D eigenvalue weighted by Gasteiger charge is -1.99. The standard InChI is InChI=1S/C14H15N5S/c1-19-9-11(7-17-19)6-15-8-12-10-20-14(18-12)13-4-2-3-5-16-13/h2-5,7,9-10,15H,6,8H2,1H3. The largest absolute Gasteiger partial charge is 0.307 e. The third-order valence-electron chi connectivity index (χ3n) is 2.83. The van der Waals surface area contributed by atoms with Crippen LogP contribution in [0.5, 0.6) is 0 Å². The Morgan fingerprint density at radius 1 is 1.30 bits per heavy atom. The molecule has 0 fully saturated rings. The summed E-state index contributed by atoms with van der Waals surface area (Å²) in [7, 11) is 1.92. The van der Waals surface area contributed by atoms with Crippen molar-refractivity contribution >= 4 is 11.3 Å². The van der Waals surface area contributed by atoms with Crippen LogP contribution in [0.4, 0.5) is 0 Å². The Morgan fingerprint density at radius 3 is 3.00 bits per heavy atom. The fraction of sp³-hybridized carbons (Fsp3) is 0.214. The van der Waals surface area contributed by atoms with Gasteiger partial charge in [0.25, 0.3) is 0 Å². The van der Waals surface area contributed by atoms with Gasteiger partial charge in [-0.2, -0.15) is 5.10 Å². The van der Waals surface area contributed by atoms with Gasteiger partial charge >= 0.3 is 0 Å². The molecule has 3 heterocycles. The average molecular weight is 285 g/mol. The molecule has 0 aliphatic carbocycles. The Kier molecular flexibility index (Phi) is 3.85. The Morgan fingerprint density at radius 2 is 2.25 bits per heavy atom. The van der Waals surface area contributed by atoms with E-state index in [1.807, 2.05) is 37.6 Å². The molecule has 0 aliphatic rings. The first-order chi connectivity index (χ1) is 9.81. The van der Waals surface area contributed by atoms with Crippen LogP contribution < -0.4 is 5.32 Å². The first-order valence-corrected chi connectivity index (χ1v) is 7.23. The molecule has 0 bridgehead atoms. The van der Waals surface area contributed by atoms with Crippen molar-refractivity contribution in [1.82, 2.24) is 25.1 Å². The van der Waals surface area contributed by atoms with Gasteiger partial charge in [-0.15, -0.1) is 11.3 Å². The minimum atomic E-state index is 0.748. The molecular weight excluding hydrogens is 270 g/mol. The van der Waals surface area contributed by atoms with Crippen LogP contribution in [0.1, 0.15) is 11.3 Å². The molecule has 5 nitrogen and oxygen atoms in total. The monoisotopic (exact) mass is 285 g/mol. The van der Waals surface area contributed by atoms with E-state index in [-0.39, 0.29) is 0 Å². The molecule has 0 amide bonds. The predicted molar refractivity (Wildman–Crippen MR) is 79.1 cm³/mol. The summed E-state index contributed by atoms with van der Waals surface area (Å²) >= 11 is 1.62. The van der Waals surface area contributed by atoms with Crippen LogP contribution in [0, 0.1) is 0 Å². The van der Waals surface area contributed by atoms with Gasteiger partial charge in [-0.25, -0.2) is 4.98 Å². The maximum Gasteiger partial charge on any atom is 0.142 e. The summed E-state index contributed by atoms with van der Waals surface area (Å²) in [6, 6.07) is 5.86. The van der Waals surface area contributed by atoms with Crippen LogP contribution in [0.25, 0.3) is 10.7 Å². The Balaban J connectivity index is 1.58. The Bertz CT molecular complexity index is 674. The maximum absolute atomic E-state index is 4.59. The molecule has 0 aliphatic heterocycles. The fourth-order valence-corrected chi connectivity index (χ4v) is 2.69. The molecule has 0 aromatic carbocycles. The van der Waals surface area contributed by atoms with Crippen LogP contribution in [0.15, 0.2) is 42.2 Å². The zero-order chi connectivity index (χ0) is 13.8. The lowest BCUT2D eigenvalue weighted by Crippen LogP contribution is -2.12. The molecule has 6 heteroatoms. The average Bonchev–Trinajstić information content (AvgIpc) is 3.09. The fourth-order valence-electron chi connectivity index (χ4n) is 1.89. The van der Waals surface area contributed by atoms with Gasteiger partial charge in [-0.05, 0) is 12.1 Å². The maximum atomic E-state index is 4.59. The molecule has 0 saturated carbocycles. The highest BCUT2D eigenvalue weighted by atomic mass is 32.1. The number of hydrogen-bond donors (Lipinski definition) is 1. The highest BCUT2D eigenvalue weighted by Crippen LogP contribution is 2.21. The van der Waals surface area contributed by atoms with Crippen molar-refractivity contribution in [3.05, 3.63) is 53.4 Å². The molecule has 20 heavy (non-hydrogen) atoms. The predicted octanol–water partition coefficient (Wildman–Crippen LogP) is 2.23. The zero-order valence-corrected chi connectivity index (χ0v) is 12.0. The molecular formula is C14H15N5S. The van der Waals surface area contributed by atoms with E-state index in [1.165, 1.54) is 5.56 Å². The van der Waals surface area contributed by atoms with E-state index in [0.29, 0.717) is 0 Å². The van der Waals surface area contributed by atoms with Gasteiger partial charge in [0.15, 0.2) is 0 Å². The number of aromatic nitrogens is 4. The van der Waals surface area contributed by atoms with Crippen molar-refractivity contribution in [3.63, 3.8) is 0 Å². The number of aryl methyl sites for hydroxylation is 1. The molecule has 102 valence electrons. The van der Waals surface area contributed by atoms with Crippen molar-refractivity contribution in [2.24, 2.45) is 7.05 Å². The van der Waals surface area contributed by atoms with Crippen molar-refractivity contribution in [2.45, 2.75) is 13.1 Å². The topological polar surface area (TPSA) is 55.6 Å². The summed E-state index contributed by atoms with van der Waals surface area (Å²) in [4.78, 5) is 8.90. The summed E-state index contributed by atoms with van der Waals surface area (Å²) in [6.45, 7) is 1.54. The van der Waals surface area contributed by atoms with Gasteiger partial charge in [0.05, 0.1) is 17.6 Å². The Labute approximate surface area is 121 Å². The summed E-state index contributed by atoms with van der Waals surface area (Å²) < 4.78 is 1.80. The number of hydrogen-bond acceptors (Lipinski definition) is 5. The lowest BCUT2D eigenvalue weighted by atomic mass is 10.3. The van der Waals surface area contributed by atoms with E-state index in [1.54, 1.807) is 22.2 Å². The number of nitrogens with zero attached hydrogens (tertiary/aromatic N) is 4. The van der Waals surface area contributed by atoms with E-state index in [4.69, 9.17) is 0 Å². The van der Waals surface area contributed by atoms with Gasteiger partial charge in [0.1, 0.15) is 5.01 Å². The third kappa shape index (κ3) is 3.09. The number of pyridine rings is 1. The van der Waals surface area contributed by atoms with Gasteiger partial charge in [-0.1, -0.05) is 6.07 Å². The van der Waals surface area contributed by atoms with Gasteiger partial charge < -0.3 is 5.32 Å². The normalized spacial score (nSPS) is 10.8. The third-order valence-corrected chi connectivity index (χ3v) is 3.74. The minimum absolute atomic E-state index is 0.748. The molecule has 3 rings (SSSR count). The van der Waals surface area contributed by atoms with Gasteiger partial charge in [0, 0.05) is 43.5 Å². The van der Waals surface area contributed by atoms with Gasteiger partial charge in [-0.3, -0.25) is 9.67 Å². The lowest BCUT2D eigenvalue weighted by molar-refractivity contribution is 0.681. The van der Waals surface area contributed by atoms with Crippen LogP contribution in [0.3, 0.4) is 0 Å². The number of rotatable bonds is 5. The smallest absolute Gasteiger partial charge is 0.142 e. The van der Waals surface area contributed by atoms with Crippen molar-refractivity contribution in [1.29, 1.82) is 0 Å². The first-order valence-electron chi connectivity index (χ1n) is 6.35. The van der Waals surface area contributed by atoms with Crippen LogP contribution in [-0.4, -0.2) is 19.7 Å². The summed E-state index contributed by atoms with van der Waals surface area (Å²) in [5, 5.41) is 10.5. The van der Waals surface area contributed by atoms with E-state index in [2.05, 4.69) is 25.8 Å². The molecule has 0 radical (unpaired) electrons. The molecule has 1 N–H and O–H groups in total. The highest BCUT2D eigenvalue weighted by Gasteiger charge is 2.05. The summed E-state index contributed by atoms with van der Waals surface area (Å²) in [5.74, 6) is 0. The first kappa shape index (κ1) is 13.0. The number of nitrogens with one attached hydrogen (secondary N) is 1.